The van der Waals surface area contributed by atoms with Crippen molar-refractivity contribution in [3.05, 3.63) is 47.5 Å². The van der Waals surface area contributed by atoms with Gasteiger partial charge in [-0.2, -0.15) is 0 Å². The first-order chi connectivity index (χ1) is 16.8. The number of ether oxygens (including phenoxy) is 4. The summed E-state index contributed by atoms with van der Waals surface area (Å²) in [6, 6.07) is 9.60. The highest BCUT2D eigenvalue weighted by atomic mass is 16.6. The minimum Gasteiger partial charge on any atom is -0.490 e. The van der Waals surface area contributed by atoms with Crippen LogP contribution in [0, 0.1) is 0 Å². The van der Waals surface area contributed by atoms with Crippen LogP contribution in [0.4, 0.5) is 4.79 Å². The van der Waals surface area contributed by atoms with Gasteiger partial charge < -0.3 is 29.6 Å². The third-order valence-electron chi connectivity index (χ3n) is 6.35. The molecule has 4 amide bonds. The molecular weight excluding hydrogens is 454 g/mol. The summed E-state index contributed by atoms with van der Waals surface area (Å²) < 4.78 is 22.5. The van der Waals surface area contributed by atoms with E-state index >= 15 is 0 Å². The van der Waals surface area contributed by atoms with Crippen molar-refractivity contribution in [3.63, 3.8) is 0 Å². The Balaban J connectivity index is 1.27. The van der Waals surface area contributed by atoms with Gasteiger partial charge in [0, 0.05) is 6.42 Å². The molecule has 1 saturated heterocycles. The Labute approximate surface area is 202 Å². The Morgan fingerprint density at radius 3 is 2.37 bits per heavy atom. The SMILES string of the molecule is CC(NC(=O)CN1C(=O)NC(C)(c2ccc3c(c2)OCCCO3)C1=O)c1ccc2c(c1)OCCO2. The molecule has 0 spiro atoms. The van der Waals surface area contributed by atoms with E-state index in [-0.39, 0.29) is 6.04 Å². The van der Waals surface area contributed by atoms with Crippen LogP contribution in [-0.2, 0) is 15.1 Å². The van der Waals surface area contributed by atoms with Gasteiger partial charge in [0.1, 0.15) is 25.3 Å². The summed E-state index contributed by atoms with van der Waals surface area (Å²) in [5.74, 6) is 1.42. The number of imide groups is 1. The van der Waals surface area contributed by atoms with Gasteiger partial charge in [-0.25, -0.2) is 4.79 Å². The van der Waals surface area contributed by atoms with Crippen molar-refractivity contribution in [3.8, 4) is 23.0 Å². The molecule has 1 fully saturated rings. The lowest BCUT2D eigenvalue weighted by atomic mass is 9.91. The molecular formula is C25H27N3O7. The zero-order valence-electron chi connectivity index (χ0n) is 19.6. The van der Waals surface area contributed by atoms with Gasteiger partial charge in [-0.1, -0.05) is 12.1 Å². The minimum atomic E-state index is -1.33. The second kappa shape index (κ2) is 9.01. The van der Waals surface area contributed by atoms with Crippen LogP contribution in [0.5, 0.6) is 23.0 Å². The largest absolute Gasteiger partial charge is 0.490 e. The van der Waals surface area contributed by atoms with E-state index in [2.05, 4.69) is 10.6 Å². The van der Waals surface area contributed by atoms with Crippen molar-refractivity contribution >= 4 is 17.8 Å². The molecule has 0 radical (unpaired) electrons. The Hall–Kier alpha value is -3.95. The number of hydrogen-bond acceptors (Lipinski definition) is 7. The van der Waals surface area contributed by atoms with Gasteiger partial charge in [0.2, 0.25) is 5.91 Å². The molecule has 0 saturated carbocycles. The Morgan fingerprint density at radius 1 is 0.971 bits per heavy atom. The topological polar surface area (TPSA) is 115 Å². The predicted molar refractivity (Wildman–Crippen MR) is 124 cm³/mol. The monoisotopic (exact) mass is 481 g/mol. The lowest BCUT2D eigenvalue weighted by Crippen LogP contribution is -2.43. The van der Waals surface area contributed by atoms with E-state index < -0.39 is 29.9 Å². The van der Waals surface area contributed by atoms with Gasteiger partial charge in [0.05, 0.1) is 19.3 Å². The molecule has 0 aliphatic carbocycles. The average Bonchev–Trinajstić information content (AvgIpc) is 3.01. The summed E-state index contributed by atoms with van der Waals surface area (Å²) in [6.45, 7) is 5.04. The first kappa shape index (κ1) is 22.8. The summed E-state index contributed by atoms with van der Waals surface area (Å²) >= 11 is 0. The Morgan fingerprint density at radius 2 is 1.60 bits per heavy atom. The Bertz CT molecular complexity index is 1180. The number of amides is 4. The number of carbonyl (C=O) groups is 3. The molecule has 10 nitrogen and oxygen atoms in total. The van der Waals surface area contributed by atoms with Crippen molar-refractivity contribution in [1.29, 1.82) is 0 Å². The molecule has 2 unspecified atom stereocenters. The van der Waals surface area contributed by atoms with Crippen LogP contribution in [0.15, 0.2) is 36.4 Å². The molecule has 2 atom stereocenters. The zero-order valence-corrected chi connectivity index (χ0v) is 19.6. The van der Waals surface area contributed by atoms with Crippen LogP contribution in [0.25, 0.3) is 0 Å². The predicted octanol–water partition coefficient (Wildman–Crippen LogP) is 2.26. The van der Waals surface area contributed by atoms with Crippen molar-refractivity contribution in [2.24, 2.45) is 0 Å². The van der Waals surface area contributed by atoms with Crippen LogP contribution in [0.2, 0.25) is 0 Å². The van der Waals surface area contributed by atoms with Crippen molar-refractivity contribution in [2.75, 3.05) is 33.0 Å². The van der Waals surface area contributed by atoms with Crippen LogP contribution in [0.1, 0.15) is 37.4 Å². The maximum atomic E-state index is 13.3. The molecule has 10 heteroatoms. The average molecular weight is 482 g/mol. The zero-order chi connectivity index (χ0) is 24.6. The Kier molecular flexibility index (Phi) is 5.88. The van der Waals surface area contributed by atoms with Crippen molar-refractivity contribution in [1.82, 2.24) is 15.5 Å². The lowest BCUT2D eigenvalue weighted by molar-refractivity contribution is -0.135. The van der Waals surface area contributed by atoms with E-state index in [1.54, 1.807) is 31.2 Å². The van der Waals surface area contributed by atoms with Crippen LogP contribution >= 0.6 is 0 Å². The summed E-state index contributed by atoms with van der Waals surface area (Å²) in [6.07, 6.45) is 0.754. The number of benzene rings is 2. The highest BCUT2D eigenvalue weighted by Gasteiger charge is 2.49. The quantitative estimate of drug-likeness (QED) is 0.630. The van der Waals surface area contributed by atoms with Gasteiger partial charge in [0.15, 0.2) is 23.0 Å². The normalized spacial score (nSPS) is 21.7. The number of rotatable bonds is 5. The van der Waals surface area contributed by atoms with E-state index in [0.717, 1.165) is 16.9 Å². The molecule has 35 heavy (non-hydrogen) atoms. The molecule has 5 rings (SSSR count). The summed E-state index contributed by atoms with van der Waals surface area (Å²) in [5, 5.41) is 5.56. The first-order valence-corrected chi connectivity index (χ1v) is 11.6. The smallest absolute Gasteiger partial charge is 0.325 e. The van der Waals surface area contributed by atoms with Gasteiger partial charge in [0.25, 0.3) is 5.91 Å². The number of nitrogens with zero attached hydrogens (tertiary/aromatic N) is 1. The minimum absolute atomic E-state index is 0.368. The molecule has 2 aromatic carbocycles. The molecule has 3 aliphatic rings. The van der Waals surface area contributed by atoms with Crippen LogP contribution < -0.4 is 29.6 Å². The van der Waals surface area contributed by atoms with E-state index in [0.29, 0.717) is 55.0 Å². The molecule has 2 N–H and O–H groups in total. The fourth-order valence-electron chi connectivity index (χ4n) is 4.35. The van der Waals surface area contributed by atoms with Crippen LogP contribution in [0.3, 0.4) is 0 Å². The third-order valence-corrected chi connectivity index (χ3v) is 6.35. The number of nitrogens with one attached hydrogen (secondary N) is 2. The fourth-order valence-corrected chi connectivity index (χ4v) is 4.35. The second-order valence-corrected chi connectivity index (χ2v) is 8.85. The van der Waals surface area contributed by atoms with E-state index in [1.807, 2.05) is 19.1 Å². The number of hydrogen-bond donors (Lipinski definition) is 2. The summed E-state index contributed by atoms with van der Waals surface area (Å²) in [4.78, 5) is 39.7. The maximum Gasteiger partial charge on any atom is 0.325 e. The summed E-state index contributed by atoms with van der Waals surface area (Å²) in [7, 11) is 0. The molecule has 2 aromatic rings. The standard InChI is InChI=1S/C25H27N3O7/c1-15(16-4-6-18-20(12-16)35-11-10-34-18)26-22(29)14-28-23(30)25(2,27-24(28)31)17-5-7-19-21(13-17)33-9-3-8-32-19/h4-7,12-13,15H,3,8-11,14H2,1-2H3,(H,26,29)(H,27,31). The molecule has 3 aliphatic heterocycles. The van der Waals surface area contributed by atoms with Crippen molar-refractivity contribution < 1.29 is 33.3 Å². The lowest BCUT2D eigenvalue weighted by Gasteiger charge is -2.23. The molecule has 0 aromatic heterocycles. The number of urea groups is 1. The van der Waals surface area contributed by atoms with Gasteiger partial charge in [-0.3, -0.25) is 14.5 Å². The van der Waals surface area contributed by atoms with Gasteiger partial charge >= 0.3 is 6.03 Å². The second-order valence-electron chi connectivity index (χ2n) is 8.85. The highest BCUT2D eigenvalue weighted by Crippen LogP contribution is 2.37. The molecule has 3 heterocycles. The molecule has 184 valence electrons. The maximum absolute atomic E-state index is 13.3. The van der Waals surface area contributed by atoms with E-state index in [4.69, 9.17) is 18.9 Å². The van der Waals surface area contributed by atoms with E-state index in [1.165, 1.54) is 0 Å². The number of fused-ring (bicyclic) bond motifs is 2. The van der Waals surface area contributed by atoms with Crippen LogP contribution in [-0.4, -0.2) is 55.7 Å². The first-order valence-electron chi connectivity index (χ1n) is 11.6. The van der Waals surface area contributed by atoms with Crippen molar-refractivity contribution in [2.45, 2.75) is 31.8 Å². The highest BCUT2D eigenvalue weighted by molar-refractivity contribution is 6.09. The van der Waals surface area contributed by atoms with Gasteiger partial charge in [-0.05, 0) is 49.2 Å². The number of carbonyl (C=O) groups excluding carboxylic acids is 3. The van der Waals surface area contributed by atoms with E-state index in [9.17, 15) is 14.4 Å². The third kappa shape index (κ3) is 4.31. The molecule has 0 bridgehead atoms. The fraction of sp³-hybridized carbons (Fsp3) is 0.400. The summed E-state index contributed by atoms with van der Waals surface area (Å²) in [5.41, 5.74) is 0.0354. The van der Waals surface area contributed by atoms with Gasteiger partial charge in [-0.15, -0.1) is 0 Å².